The summed E-state index contributed by atoms with van der Waals surface area (Å²) in [6, 6.07) is 1.76. The molecule has 0 bridgehead atoms. The van der Waals surface area contributed by atoms with Gasteiger partial charge in [0.1, 0.15) is 4.88 Å². The lowest BCUT2D eigenvalue weighted by molar-refractivity contribution is 0.0531. The van der Waals surface area contributed by atoms with Crippen molar-refractivity contribution in [3.05, 3.63) is 32.6 Å². The number of unbranched alkanes of at least 4 members (excludes halogenated alkanes) is 2. The second-order valence-electron chi connectivity index (χ2n) is 5.86. The van der Waals surface area contributed by atoms with Crippen LogP contribution in [0.1, 0.15) is 64.6 Å². The van der Waals surface area contributed by atoms with Crippen LogP contribution in [0, 0.1) is 13.8 Å². The summed E-state index contributed by atoms with van der Waals surface area (Å²) in [6.45, 7) is 8.24. The predicted octanol–water partition coefficient (Wildman–Crippen LogP) is 5.13. The quantitative estimate of drug-likeness (QED) is 0.418. The number of hydrogen-bond acceptors (Lipinski definition) is 6. The van der Waals surface area contributed by atoms with Crippen LogP contribution < -0.4 is 4.90 Å². The van der Waals surface area contributed by atoms with Crippen LogP contribution in [0.5, 0.6) is 0 Å². The van der Waals surface area contributed by atoms with E-state index in [2.05, 4.69) is 27.8 Å². The second kappa shape index (κ2) is 9.32. The average Bonchev–Trinajstić information content (AvgIpc) is 3.13. The molecule has 0 atom stereocenters. The summed E-state index contributed by atoms with van der Waals surface area (Å²) < 4.78 is 11.1. The van der Waals surface area contributed by atoms with Crippen LogP contribution in [0.3, 0.4) is 0 Å². The number of amides is 1. The Morgan fingerprint density at radius 2 is 2.04 bits per heavy atom. The van der Waals surface area contributed by atoms with Crippen molar-refractivity contribution in [2.75, 3.05) is 18.1 Å². The number of anilines is 1. The standard InChI is InChI=1S/C18H23BrN2O4S/c1-5-7-8-9-21(16(22)14-11(3)10-13(19)25-14)18-20-12(4)15(26-18)17(23)24-6-2/h10H,5-9H2,1-4H3. The number of esters is 1. The Bertz CT molecular complexity index is 784. The zero-order valence-corrected chi connectivity index (χ0v) is 17.8. The van der Waals surface area contributed by atoms with E-state index in [4.69, 9.17) is 9.15 Å². The highest BCUT2D eigenvalue weighted by molar-refractivity contribution is 9.10. The van der Waals surface area contributed by atoms with Crippen LogP contribution in [0.4, 0.5) is 5.13 Å². The van der Waals surface area contributed by atoms with Gasteiger partial charge in [-0.25, -0.2) is 9.78 Å². The molecule has 2 rings (SSSR count). The fraction of sp³-hybridized carbons (Fsp3) is 0.500. The number of carbonyl (C=O) groups excluding carboxylic acids is 2. The first-order valence-corrected chi connectivity index (χ1v) is 10.2. The van der Waals surface area contributed by atoms with Gasteiger partial charge in [0.15, 0.2) is 15.6 Å². The van der Waals surface area contributed by atoms with Crippen molar-refractivity contribution in [3.63, 3.8) is 0 Å². The summed E-state index contributed by atoms with van der Waals surface area (Å²) in [7, 11) is 0. The van der Waals surface area contributed by atoms with Gasteiger partial charge in [-0.05, 0) is 49.2 Å². The molecule has 0 unspecified atom stereocenters. The van der Waals surface area contributed by atoms with Crippen molar-refractivity contribution in [3.8, 4) is 0 Å². The van der Waals surface area contributed by atoms with E-state index in [-0.39, 0.29) is 11.7 Å². The summed E-state index contributed by atoms with van der Waals surface area (Å²) in [5, 5.41) is 0.485. The molecule has 0 spiro atoms. The number of aromatic nitrogens is 1. The maximum Gasteiger partial charge on any atom is 0.350 e. The van der Waals surface area contributed by atoms with Gasteiger partial charge in [0, 0.05) is 12.1 Å². The van der Waals surface area contributed by atoms with E-state index in [9.17, 15) is 9.59 Å². The van der Waals surface area contributed by atoms with Crippen LogP contribution in [-0.4, -0.2) is 30.0 Å². The van der Waals surface area contributed by atoms with E-state index in [1.54, 1.807) is 24.8 Å². The Kier molecular flexibility index (Phi) is 7.40. The first kappa shape index (κ1) is 20.6. The fourth-order valence-corrected chi connectivity index (χ4v) is 3.96. The van der Waals surface area contributed by atoms with Gasteiger partial charge in [-0.1, -0.05) is 31.1 Å². The first-order chi connectivity index (χ1) is 12.4. The summed E-state index contributed by atoms with van der Waals surface area (Å²) in [5.41, 5.74) is 1.32. The van der Waals surface area contributed by atoms with Crippen molar-refractivity contribution in [1.29, 1.82) is 0 Å². The van der Waals surface area contributed by atoms with Gasteiger partial charge < -0.3 is 9.15 Å². The molecular weight excluding hydrogens is 420 g/mol. The van der Waals surface area contributed by atoms with Crippen molar-refractivity contribution >= 4 is 44.3 Å². The van der Waals surface area contributed by atoms with E-state index in [1.807, 2.05) is 6.92 Å². The number of rotatable bonds is 8. The molecule has 0 N–H and O–H groups in total. The SMILES string of the molecule is CCCCCN(C(=O)c1oc(Br)cc1C)c1nc(C)c(C(=O)OCC)s1. The van der Waals surface area contributed by atoms with Gasteiger partial charge in [0.25, 0.3) is 5.91 Å². The minimum absolute atomic E-state index is 0.256. The highest BCUT2D eigenvalue weighted by Crippen LogP contribution is 2.30. The molecule has 0 saturated heterocycles. The Morgan fingerprint density at radius 3 is 2.62 bits per heavy atom. The van der Waals surface area contributed by atoms with E-state index in [0.717, 1.165) is 24.8 Å². The van der Waals surface area contributed by atoms with Gasteiger partial charge in [0.05, 0.1) is 12.3 Å². The van der Waals surface area contributed by atoms with E-state index < -0.39 is 5.97 Å². The van der Waals surface area contributed by atoms with Crippen molar-refractivity contribution in [2.45, 2.75) is 47.0 Å². The number of aryl methyl sites for hydroxylation is 2. The topological polar surface area (TPSA) is 72.6 Å². The number of carbonyl (C=O) groups is 2. The third-order valence-electron chi connectivity index (χ3n) is 3.79. The molecule has 0 aliphatic carbocycles. The molecule has 2 aromatic rings. The van der Waals surface area contributed by atoms with Crippen LogP contribution in [0.15, 0.2) is 15.2 Å². The number of furan rings is 1. The third kappa shape index (κ3) is 4.73. The normalized spacial score (nSPS) is 10.8. The van der Waals surface area contributed by atoms with Crippen LogP contribution in [-0.2, 0) is 4.74 Å². The molecule has 0 aliphatic heterocycles. The molecule has 142 valence electrons. The largest absolute Gasteiger partial charge is 0.462 e. The lowest BCUT2D eigenvalue weighted by atomic mass is 10.2. The third-order valence-corrected chi connectivity index (χ3v) is 5.34. The van der Waals surface area contributed by atoms with Gasteiger partial charge in [-0.15, -0.1) is 0 Å². The van der Waals surface area contributed by atoms with Crippen LogP contribution in [0.25, 0.3) is 0 Å². The summed E-state index contributed by atoms with van der Waals surface area (Å²) >= 11 is 4.44. The predicted molar refractivity (Wildman–Crippen MR) is 105 cm³/mol. The molecule has 26 heavy (non-hydrogen) atoms. The van der Waals surface area contributed by atoms with E-state index in [0.29, 0.717) is 33.5 Å². The first-order valence-electron chi connectivity index (χ1n) is 8.61. The number of hydrogen-bond donors (Lipinski definition) is 0. The summed E-state index contributed by atoms with van der Waals surface area (Å²) in [5.74, 6) is -0.390. The smallest absolute Gasteiger partial charge is 0.350 e. The number of nitrogens with zero attached hydrogens (tertiary/aromatic N) is 2. The molecule has 0 saturated carbocycles. The molecular formula is C18H23BrN2O4S. The van der Waals surface area contributed by atoms with Crippen LogP contribution >= 0.6 is 27.3 Å². The van der Waals surface area contributed by atoms with Gasteiger partial charge in [-0.3, -0.25) is 9.69 Å². The lowest BCUT2D eigenvalue weighted by Crippen LogP contribution is -2.32. The van der Waals surface area contributed by atoms with Gasteiger partial charge in [-0.2, -0.15) is 0 Å². The number of thiazole rings is 1. The highest BCUT2D eigenvalue weighted by atomic mass is 79.9. The Balaban J connectivity index is 2.35. The minimum Gasteiger partial charge on any atom is -0.462 e. The second-order valence-corrected chi connectivity index (χ2v) is 7.62. The molecule has 8 heteroatoms. The highest BCUT2D eigenvalue weighted by Gasteiger charge is 2.27. The van der Waals surface area contributed by atoms with E-state index in [1.165, 1.54) is 11.3 Å². The fourth-order valence-electron chi connectivity index (χ4n) is 2.47. The maximum atomic E-state index is 13.1. The van der Waals surface area contributed by atoms with E-state index >= 15 is 0 Å². The lowest BCUT2D eigenvalue weighted by Gasteiger charge is -2.19. The minimum atomic E-state index is -0.411. The molecule has 1 amide bonds. The number of ether oxygens (including phenoxy) is 1. The van der Waals surface area contributed by atoms with Gasteiger partial charge in [0.2, 0.25) is 0 Å². The summed E-state index contributed by atoms with van der Waals surface area (Å²) in [6.07, 6.45) is 2.88. The Morgan fingerprint density at radius 1 is 1.31 bits per heavy atom. The molecule has 0 aliphatic rings. The van der Waals surface area contributed by atoms with Crippen molar-refractivity contribution in [2.24, 2.45) is 0 Å². The molecule has 0 radical (unpaired) electrons. The zero-order chi connectivity index (χ0) is 19.3. The molecule has 6 nitrogen and oxygen atoms in total. The summed E-state index contributed by atoms with van der Waals surface area (Å²) in [4.78, 5) is 31.6. The molecule has 0 fully saturated rings. The Labute approximate surface area is 165 Å². The maximum absolute atomic E-state index is 13.1. The van der Waals surface area contributed by atoms with Crippen molar-refractivity contribution < 1.29 is 18.7 Å². The monoisotopic (exact) mass is 442 g/mol. The average molecular weight is 443 g/mol. The zero-order valence-electron chi connectivity index (χ0n) is 15.4. The van der Waals surface area contributed by atoms with Crippen LogP contribution in [0.2, 0.25) is 0 Å². The molecule has 2 aromatic heterocycles. The number of halogens is 1. The molecule has 0 aromatic carbocycles. The van der Waals surface area contributed by atoms with Gasteiger partial charge >= 0.3 is 5.97 Å². The molecule has 2 heterocycles. The van der Waals surface area contributed by atoms with Crippen molar-refractivity contribution in [1.82, 2.24) is 4.98 Å². The Hall–Kier alpha value is -1.67.